The first-order valence-electron chi connectivity index (χ1n) is 7.99. The zero-order valence-electron chi connectivity index (χ0n) is 14.1. The largest absolute Gasteiger partial charge is 0.369 e. The molecular formula is C20H20N4O. The van der Waals surface area contributed by atoms with Crippen molar-refractivity contribution in [2.45, 2.75) is 13.5 Å². The highest BCUT2D eigenvalue weighted by Crippen LogP contribution is 2.26. The molecule has 0 unspecified atom stereocenters. The van der Waals surface area contributed by atoms with Gasteiger partial charge in [0.15, 0.2) is 0 Å². The van der Waals surface area contributed by atoms with E-state index in [4.69, 9.17) is 5.73 Å². The first-order valence-corrected chi connectivity index (χ1v) is 7.99. The fraction of sp³-hybridized carbons (Fsp3) is 0.100. The molecule has 0 fully saturated rings. The lowest BCUT2D eigenvalue weighted by atomic mass is 10.2. The molecule has 0 radical (unpaired) electrons. The maximum absolute atomic E-state index is 12.5. The summed E-state index contributed by atoms with van der Waals surface area (Å²) in [5.41, 5.74) is 8.77. The standard InChI is InChI=1S/C20H20N4O/c1-3-23(17-12-8-5-9-13-17)18-15(2)24(20(21)22-19(18)25)14-16-10-6-4-7-11-16/h3-13H,1,14H2,2H3,(H2,21,22,25). The van der Waals surface area contributed by atoms with Crippen molar-refractivity contribution < 1.29 is 0 Å². The van der Waals surface area contributed by atoms with Gasteiger partial charge in [0, 0.05) is 17.6 Å². The number of nitrogens with two attached hydrogens (primary N) is 1. The van der Waals surface area contributed by atoms with E-state index in [2.05, 4.69) is 11.6 Å². The molecule has 25 heavy (non-hydrogen) atoms. The molecule has 1 heterocycles. The van der Waals surface area contributed by atoms with Gasteiger partial charge in [-0.1, -0.05) is 55.1 Å². The molecule has 0 saturated heterocycles. The van der Waals surface area contributed by atoms with E-state index in [1.54, 1.807) is 11.1 Å². The van der Waals surface area contributed by atoms with Crippen molar-refractivity contribution in [1.82, 2.24) is 9.55 Å². The fourth-order valence-electron chi connectivity index (χ4n) is 2.83. The van der Waals surface area contributed by atoms with Gasteiger partial charge < -0.3 is 15.2 Å². The summed E-state index contributed by atoms with van der Waals surface area (Å²) in [5, 5.41) is 0. The number of para-hydroxylation sites is 1. The fourth-order valence-corrected chi connectivity index (χ4v) is 2.83. The summed E-state index contributed by atoms with van der Waals surface area (Å²) in [6.07, 6.45) is 1.61. The lowest BCUT2D eigenvalue weighted by Crippen LogP contribution is -2.27. The number of anilines is 3. The predicted octanol–water partition coefficient (Wildman–Crippen LogP) is 3.46. The Hall–Kier alpha value is -3.34. The van der Waals surface area contributed by atoms with Crippen molar-refractivity contribution in [3.63, 3.8) is 0 Å². The van der Waals surface area contributed by atoms with Crippen LogP contribution >= 0.6 is 0 Å². The summed E-state index contributed by atoms with van der Waals surface area (Å²) in [6, 6.07) is 19.5. The van der Waals surface area contributed by atoms with Crippen LogP contribution in [0.3, 0.4) is 0 Å². The molecule has 126 valence electrons. The van der Waals surface area contributed by atoms with Crippen molar-refractivity contribution in [2.75, 3.05) is 10.6 Å². The van der Waals surface area contributed by atoms with Crippen molar-refractivity contribution in [3.8, 4) is 0 Å². The minimum atomic E-state index is -0.372. The molecule has 0 saturated carbocycles. The van der Waals surface area contributed by atoms with E-state index < -0.39 is 0 Å². The smallest absolute Gasteiger partial charge is 0.298 e. The second kappa shape index (κ2) is 7.05. The predicted molar refractivity (Wildman–Crippen MR) is 102 cm³/mol. The Morgan fingerprint density at radius 3 is 2.32 bits per heavy atom. The zero-order valence-corrected chi connectivity index (χ0v) is 14.1. The SMILES string of the molecule is C=CN(c1ccccc1)c1c(C)n(Cc2ccccc2)c(N)nc1=O. The Labute approximate surface area is 146 Å². The molecule has 0 bridgehead atoms. The molecule has 3 rings (SSSR count). The van der Waals surface area contributed by atoms with Gasteiger partial charge in [-0.3, -0.25) is 4.79 Å². The Bertz CT molecular complexity index is 933. The van der Waals surface area contributed by atoms with E-state index in [1.807, 2.05) is 72.2 Å². The van der Waals surface area contributed by atoms with Crippen LogP contribution in [0, 0.1) is 6.92 Å². The summed E-state index contributed by atoms with van der Waals surface area (Å²) in [6.45, 7) is 6.26. The molecule has 0 amide bonds. The molecule has 0 aliphatic rings. The van der Waals surface area contributed by atoms with Gasteiger partial charge in [-0.25, -0.2) is 0 Å². The van der Waals surface area contributed by atoms with E-state index >= 15 is 0 Å². The average molecular weight is 332 g/mol. The van der Waals surface area contributed by atoms with Gasteiger partial charge >= 0.3 is 0 Å². The molecule has 5 nitrogen and oxygen atoms in total. The van der Waals surface area contributed by atoms with Crippen LogP contribution in [0.4, 0.5) is 17.3 Å². The minimum Gasteiger partial charge on any atom is -0.369 e. The number of nitrogens with zero attached hydrogens (tertiary/aromatic N) is 3. The lowest BCUT2D eigenvalue weighted by Gasteiger charge is -2.24. The Kier molecular flexibility index (Phi) is 4.66. The molecule has 0 aliphatic heterocycles. The number of aromatic nitrogens is 2. The van der Waals surface area contributed by atoms with Crippen LogP contribution in [-0.4, -0.2) is 9.55 Å². The normalized spacial score (nSPS) is 10.4. The molecular weight excluding hydrogens is 312 g/mol. The summed E-state index contributed by atoms with van der Waals surface area (Å²) >= 11 is 0. The molecule has 0 aliphatic carbocycles. The van der Waals surface area contributed by atoms with Crippen molar-refractivity contribution >= 4 is 17.3 Å². The summed E-state index contributed by atoms with van der Waals surface area (Å²) in [7, 11) is 0. The van der Waals surface area contributed by atoms with Gasteiger partial charge in [-0.2, -0.15) is 4.98 Å². The highest BCUT2D eigenvalue weighted by Gasteiger charge is 2.18. The van der Waals surface area contributed by atoms with Gasteiger partial charge in [0.05, 0.1) is 6.54 Å². The molecule has 0 atom stereocenters. The molecule has 2 aromatic carbocycles. The summed E-state index contributed by atoms with van der Waals surface area (Å²) in [4.78, 5) is 18.3. The average Bonchev–Trinajstić information content (AvgIpc) is 2.63. The number of nitrogen functional groups attached to an aromatic ring is 1. The second-order valence-electron chi connectivity index (χ2n) is 5.67. The minimum absolute atomic E-state index is 0.201. The third kappa shape index (κ3) is 3.30. The zero-order chi connectivity index (χ0) is 17.8. The molecule has 3 aromatic rings. The van der Waals surface area contributed by atoms with Crippen LogP contribution in [-0.2, 0) is 6.54 Å². The Morgan fingerprint density at radius 1 is 1.12 bits per heavy atom. The van der Waals surface area contributed by atoms with Crippen LogP contribution in [0.2, 0.25) is 0 Å². The molecule has 0 spiro atoms. The Morgan fingerprint density at radius 2 is 1.72 bits per heavy atom. The second-order valence-corrected chi connectivity index (χ2v) is 5.67. The van der Waals surface area contributed by atoms with Crippen molar-refractivity contribution in [3.05, 3.63) is 95.1 Å². The van der Waals surface area contributed by atoms with Crippen LogP contribution in [0.25, 0.3) is 0 Å². The summed E-state index contributed by atoms with van der Waals surface area (Å²) < 4.78 is 1.84. The molecule has 2 N–H and O–H groups in total. The lowest BCUT2D eigenvalue weighted by molar-refractivity contribution is 0.746. The highest BCUT2D eigenvalue weighted by atomic mass is 16.1. The number of hydrogen-bond donors (Lipinski definition) is 1. The van der Waals surface area contributed by atoms with E-state index in [9.17, 15) is 4.79 Å². The maximum atomic E-state index is 12.5. The van der Waals surface area contributed by atoms with E-state index in [1.165, 1.54) is 0 Å². The number of hydrogen-bond acceptors (Lipinski definition) is 4. The highest BCUT2D eigenvalue weighted by molar-refractivity contribution is 5.67. The topological polar surface area (TPSA) is 64.2 Å². The third-order valence-corrected chi connectivity index (χ3v) is 4.08. The number of rotatable bonds is 5. The van der Waals surface area contributed by atoms with Gasteiger partial charge in [-0.05, 0) is 24.6 Å². The first-order chi connectivity index (χ1) is 12.1. The molecule has 5 heteroatoms. The molecule has 1 aromatic heterocycles. The van der Waals surface area contributed by atoms with Gasteiger partial charge in [0.25, 0.3) is 5.56 Å². The monoisotopic (exact) mass is 332 g/mol. The van der Waals surface area contributed by atoms with E-state index in [0.717, 1.165) is 16.9 Å². The maximum Gasteiger partial charge on any atom is 0.298 e. The summed E-state index contributed by atoms with van der Waals surface area (Å²) in [5.74, 6) is 0.201. The first kappa shape index (κ1) is 16.5. The van der Waals surface area contributed by atoms with Crippen LogP contribution in [0.15, 0.2) is 78.2 Å². The number of benzene rings is 2. The Balaban J connectivity index is 2.12. The van der Waals surface area contributed by atoms with Crippen molar-refractivity contribution in [1.29, 1.82) is 0 Å². The van der Waals surface area contributed by atoms with Gasteiger partial charge in [-0.15, -0.1) is 0 Å². The van der Waals surface area contributed by atoms with Gasteiger partial charge in [0.2, 0.25) is 5.95 Å². The van der Waals surface area contributed by atoms with Gasteiger partial charge in [0.1, 0.15) is 5.69 Å². The third-order valence-electron chi connectivity index (χ3n) is 4.08. The van der Waals surface area contributed by atoms with Crippen LogP contribution in [0.5, 0.6) is 0 Å². The van der Waals surface area contributed by atoms with Crippen LogP contribution in [0.1, 0.15) is 11.3 Å². The van der Waals surface area contributed by atoms with E-state index in [0.29, 0.717) is 12.2 Å². The van der Waals surface area contributed by atoms with E-state index in [-0.39, 0.29) is 11.5 Å². The quantitative estimate of drug-likeness (QED) is 0.777. The van der Waals surface area contributed by atoms with Crippen LogP contribution < -0.4 is 16.2 Å². The van der Waals surface area contributed by atoms with Crippen molar-refractivity contribution in [2.24, 2.45) is 0 Å².